The average Bonchev–Trinajstić information content (AvgIpc) is 3.01. The van der Waals surface area contributed by atoms with Gasteiger partial charge in [0.2, 0.25) is 10.0 Å². The first-order valence-electron chi connectivity index (χ1n) is 7.36. The highest BCUT2D eigenvalue weighted by Gasteiger charge is 2.20. The van der Waals surface area contributed by atoms with E-state index in [0.29, 0.717) is 12.6 Å². The van der Waals surface area contributed by atoms with Gasteiger partial charge in [-0.15, -0.1) is 0 Å². The minimum atomic E-state index is -3.04. The van der Waals surface area contributed by atoms with Crippen molar-refractivity contribution in [1.82, 2.24) is 10.0 Å². The fraction of sp³-hybridized carbons (Fsp3) is 1.00. The first-order valence-corrected chi connectivity index (χ1v) is 9.02. The van der Waals surface area contributed by atoms with Crippen LogP contribution in [-0.2, 0) is 10.0 Å². The van der Waals surface area contributed by atoms with Crippen LogP contribution in [0.4, 0.5) is 0 Å². The van der Waals surface area contributed by atoms with Gasteiger partial charge in [-0.1, -0.05) is 25.7 Å². The predicted molar refractivity (Wildman–Crippen MR) is 74.0 cm³/mol. The second-order valence-corrected chi connectivity index (χ2v) is 7.66. The summed E-state index contributed by atoms with van der Waals surface area (Å²) in [5.74, 6) is 1.02. The normalized spacial score (nSPS) is 21.6. The molecule has 0 aromatic heterocycles. The monoisotopic (exact) mass is 274 g/mol. The zero-order valence-corrected chi connectivity index (χ0v) is 12.0. The molecule has 5 heteroatoms. The average molecular weight is 274 g/mol. The molecule has 18 heavy (non-hydrogen) atoms. The van der Waals surface area contributed by atoms with E-state index in [1.165, 1.54) is 38.5 Å². The Bertz CT molecular complexity index is 333. The molecule has 2 N–H and O–H groups in total. The lowest BCUT2D eigenvalue weighted by Gasteiger charge is -2.10. The lowest BCUT2D eigenvalue weighted by atomic mass is 10.1. The number of hydrogen-bond donors (Lipinski definition) is 2. The zero-order valence-electron chi connectivity index (χ0n) is 11.2. The maximum absolute atomic E-state index is 11.7. The molecule has 0 bridgehead atoms. The van der Waals surface area contributed by atoms with Crippen molar-refractivity contribution in [3.05, 3.63) is 0 Å². The van der Waals surface area contributed by atoms with Gasteiger partial charge in [-0.2, -0.15) is 0 Å². The van der Waals surface area contributed by atoms with Crippen LogP contribution in [0.2, 0.25) is 0 Å². The van der Waals surface area contributed by atoms with Crippen LogP contribution in [0.15, 0.2) is 0 Å². The summed E-state index contributed by atoms with van der Waals surface area (Å²) in [4.78, 5) is 0. The minimum Gasteiger partial charge on any atom is -0.314 e. The zero-order chi connectivity index (χ0) is 12.8. The molecule has 0 aliphatic heterocycles. The number of sulfonamides is 1. The molecule has 0 aromatic rings. The fourth-order valence-corrected chi connectivity index (χ4v) is 3.74. The smallest absolute Gasteiger partial charge is 0.211 e. The molecule has 2 fully saturated rings. The van der Waals surface area contributed by atoms with Gasteiger partial charge in [-0.05, 0) is 38.1 Å². The van der Waals surface area contributed by atoms with Gasteiger partial charge in [-0.3, -0.25) is 0 Å². The van der Waals surface area contributed by atoms with Crippen molar-refractivity contribution in [2.75, 3.05) is 18.8 Å². The van der Waals surface area contributed by atoms with E-state index in [1.807, 2.05) is 0 Å². The van der Waals surface area contributed by atoms with E-state index in [-0.39, 0.29) is 5.75 Å². The fourth-order valence-electron chi connectivity index (χ4n) is 2.65. The molecule has 0 saturated heterocycles. The van der Waals surface area contributed by atoms with Gasteiger partial charge in [0.25, 0.3) is 0 Å². The number of nitrogens with one attached hydrogen (secondary N) is 2. The van der Waals surface area contributed by atoms with Crippen LogP contribution < -0.4 is 10.0 Å². The molecule has 2 saturated carbocycles. The maximum atomic E-state index is 11.7. The van der Waals surface area contributed by atoms with Crippen molar-refractivity contribution < 1.29 is 8.42 Å². The van der Waals surface area contributed by atoms with Crippen LogP contribution in [0.5, 0.6) is 0 Å². The highest BCUT2D eigenvalue weighted by atomic mass is 32.2. The highest BCUT2D eigenvalue weighted by molar-refractivity contribution is 7.89. The molecular weight excluding hydrogens is 248 g/mol. The van der Waals surface area contributed by atoms with E-state index < -0.39 is 10.0 Å². The van der Waals surface area contributed by atoms with Crippen LogP contribution in [-0.4, -0.2) is 33.3 Å². The van der Waals surface area contributed by atoms with Gasteiger partial charge in [-0.25, -0.2) is 13.1 Å². The molecule has 0 amide bonds. The van der Waals surface area contributed by atoms with Crippen molar-refractivity contribution in [3.63, 3.8) is 0 Å². The Kier molecular flexibility index (Phi) is 5.45. The van der Waals surface area contributed by atoms with Crippen molar-refractivity contribution in [3.8, 4) is 0 Å². The van der Waals surface area contributed by atoms with Gasteiger partial charge >= 0.3 is 0 Å². The van der Waals surface area contributed by atoms with Crippen LogP contribution >= 0.6 is 0 Å². The Morgan fingerprint density at radius 1 is 1.00 bits per heavy atom. The summed E-state index contributed by atoms with van der Waals surface area (Å²) < 4.78 is 26.2. The van der Waals surface area contributed by atoms with E-state index in [9.17, 15) is 8.42 Å². The summed E-state index contributed by atoms with van der Waals surface area (Å²) >= 11 is 0. The van der Waals surface area contributed by atoms with E-state index in [0.717, 1.165) is 25.3 Å². The molecule has 0 atom stereocenters. The van der Waals surface area contributed by atoms with Gasteiger partial charge in [0.1, 0.15) is 0 Å². The lowest BCUT2D eigenvalue weighted by Crippen LogP contribution is -2.30. The SMILES string of the molecule is O=S(=O)(CCCNC1CC1)NCCC1CCCC1. The predicted octanol–water partition coefficient (Wildman–Crippen LogP) is 1.63. The van der Waals surface area contributed by atoms with Gasteiger partial charge in [0.15, 0.2) is 0 Å². The third-order valence-corrected chi connectivity index (χ3v) is 5.42. The van der Waals surface area contributed by atoms with E-state index in [2.05, 4.69) is 10.0 Å². The molecule has 0 heterocycles. The van der Waals surface area contributed by atoms with E-state index >= 15 is 0 Å². The molecule has 2 aliphatic carbocycles. The molecule has 0 aromatic carbocycles. The third kappa shape index (κ3) is 5.67. The van der Waals surface area contributed by atoms with Gasteiger partial charge in [0, 0.05) is 12.6 Å². The summed E-state index contributed by atoms with van der Waals surface area (Å²) in [6.45, 7) is 1.46. The second-order valence-electron chi connectivity index (χ2n) is 5.73. The van der Waals surface area contributed by atoms with E-state index in [4.69, 9.17) is 0 Å². The van der Waals surface area contributed by atoms with Crippen molar-refractivity contribution in [2.24, 2.45) is 5.92 Å². The van der Waals surface area contributed by atoms with E-state index in [1.54, 1.807) is 0 Å². The molecular formula is C13H26N2O2S. The number of rotatable bonds is 9. The summed E-state index contributed by atoms with van der Waals surface area (Å²) in [7, 11) is -3.04. The van der Waals surface area contributed by atoms with Crippen LogP contribution in [0, 0.1) is 5.92 Å². The van der Waals surface area contributed by atoms with Crippen LogP contribution in [0.1, 0.15) is 51.4 Å². The van der Waals surface area contributed by atoms with Crippen molar-refractivity contribution in [1.29, 1.82) is 0 Å². The molecule has 0 radical (unpaired) electrons. The third-order valence-electron chi connectivity index (χ3n) is 3.95. The van der Waals surface area contributed by atoms with Crippen molar-refractivity contribution >= 4 is 10.0 Å². The Labute approximate surface area is 111 Å². The minimum absolute atomic E-state index is 0.261. The van der Waals surface area contributed by atoms with Gasteiger partial charge < -0.3 is 5.32 Å². The Morgan fingerprint density at radius 3 is 2.39 bits per heavy atom. The molecule has 2 aliphatic rings. The van der Waals surface area contributed by atoms with Crippen molar-refractivity contribution in [2.45, 2.75) is 57.4 Å². The van der Waals surface area contributed by atoms with Crippen LogP contribution in [0.25, 0.3) is 0 Å². The Morgan fingerprint density at radius 2 is 1.72 bits per heavy atom. The summed E-state index contributed by atoms with van der Waals surface area (Å²) in [5, 5.41) is 3.34. The molecule has 4 nitrogen and oxygen atoms in total. The van der Waals surface area contributed by atoms with Crippen LogP contribution in [0.3, 0.4) is 0 Å². The summed E-state index contributed by atoms with van der Waals surface area (Å²) in [6.07, 6.45) is 9.46. The molecule has 2 rings (SSSR count). The Balaban J connectivity index is 1.51. The summed E-state index contributed by atoms with van der Waals surface area (Å²) in [6, 6.07) is 0.669. The highest BCUT2D eigenvalue weighted by Crippen LogP contribution is 2.26. The quantitative estimate of drug-likeness (QED) is 0.628. The first-order chi connectivity index (χ1) is 8.66. The number of hydrogen-bond acceptors (Lipinski definition) is 3. The largest absolute Gasteiger partial charge is 0.314 e. The molecule has 106 valence electrons. The first kappa shape index (κ1) is 14.3. The summed E-state index contributed by atoms with van der Waals surface area (Å²) in [5.41, 5.74) is 0. The Hall–Kier alpha value is -0.130. The van der Waals surface area contributed by atoms with Gasteiger partial charge in [0.05, 0.1) is 5.75 Å². The lowest BCUT2D eigenvalue weighted by molar-refractivity contribution is 0.495. The maximum Gasteiger partial charge on any atom is 0.211 e. The standard InChI is InChI=1S/C13H26N2O2S/c16-18(17,11-3-9-14-13-6-7-13)15-10-8-12-4-1-2-5-12/h12-15H,1-11H2. The molecule has 0 spiro atoms. The second kappa shape index (κ2) is 6.87. The topological polar surface area (TPSA) is 58.2 Å². The molecule has 0 unspecified atom stereocenters.